The summed E-state index contributed by atoms with van der Waals surface area (Å²) in [6.07, 6.45) is 0. The number of alkyl halides is 1. The number of para-hydroxylation sites is 1. The van der Waals surface area contributed by atoms with Crippen molar-refractivity contribution in [1.82, 2.24) is 0 Å². The van der Waals surface area contributed by atoms with Crippen LogP contribution in [0, 0.1) is 6.92 Å². The second kappa shape index (κ2) is 3.62. The average Bonchev–Trinajstić information content (AvgIpc) is 1.94. The Bertz CT molecular complexity index is 210. The summed E-state index contributed by atoms with van der Waals surface area (Å²) >= 11 is 3.20. The summed E-state index contributed by atoms with van der Waals surface area (Å²) in [5, 5.41) is 0. The van der Waals surface area contributed by atoms with Crippen molar-refractivity contribution in [2.75, 3.05) is 5.52 Å². The number of aryl methyl sites for hydroxylation is 1. The van der Waals surface area contributed by atoms with Crippen LogP contribution in [0.3, 0.4) is 0 Å². The lowest BCUT2D eigenvalue weighted by atomic mass is 10.2. The summed E-state index contributed by atoms with van der Waals surface area (Å²) in [7, 11) is 0. The molecular weight excluding hydrogens is 192 g/mol. The van der Waals surface area contributed by atoms with Gasteiger partial charge in [-0.3, -0.25) is 0 Å². The predicted molar refractivity (Wildman–Crippen MR) is 45.6 cm³/mol. The van der Waals surface area contributed by atoms with Crippen molar-refractivity contribution in [3.63, 3.8) is 0 Å². The van der Waals surface area contributed by atoms with Crippen LogP contribution >= 0.6 is 15.9 Å². The van der Waals surface area contributed by atoms with Crippen LogP contribution in [0.5, 0.6) is 5.75 Å². The van der Waals surface area contributed by atoms with Crippen LogP contribution in [-0.2, 0) is 0 Å². The third-order valence-electron chi connectivity index (χ3n) is 1.30. The number of ether oxygens (including phenoxy) is 1. The van der Waals surface area contributed by atoms with E-state index in [0.717, 1.165) is 5.75 Å². The normalized spacial score (nSPS) is 9.40. The molecule has 1 nitrogen and oxygen atoms in total. The standard InChI is InChI=1S/C8H9BrO/c1-7-4-2-3-5-8(7)10-6-9/h2-5H,6H2,1H3. The Morgan fingerprint density at radius 1 is 1.40 bits per heavy atom. The second-order valence-corrected chi connectivity index (χ2v) is 2.48. The van der Waals surface area contributed by atoms with Gasteiger partial charge in [-0.05, 0) is 34.5 Å². The van der Waals surface area contributed by atoms with Gasteiger partial charge in [-0.2, -0.15) is 0 Å². The maximum atomic E-state index is 5.25. The molecule has 0 radical (unpaired) electrons. The second-order valence-electron chi connectivity index (χ2n) is 2.02. The number of halogens is 1. The van der Waals surface area contributed by atoms with Gasteiger partial charge in [0, 0.05) is 0 Å². The highest BCUT2D eigenvalue weighted by Crippen LogP contribution is 2.16. The lowest BCUT2D eigenvalue weighted by molar-refractivity contribution is 0.395. The first-order chi connectivity index (χ1) is 4.84. The van der Waals surface area contributed by atoms with Gasteiger partial charge in [0.15, 0.2) is 0 Å². The Balaban J connectivity index is 2.81. The zero-order chi connectivity index (χ0) is 7.40. The molecule has 0 bridgehead atoms. The van der Waals surface area contributed by atoms with E-state index in [1.165, 1.54) is 5.56 Å². The molecule has 0 heterocycles. The molecule has 0 saturated heterocycles. The Hall–Kier alpha value is -0.500. The molecule has 10 heavy (non-hydrogen) atoms. The number of hydrogen-bond acceptors (Lipinski definition) is 1. The van der Waals surface area contributed by atoms with Gasteiger partial charge in [0.05, 0.1) is 0 Å². The number of hydrogen-bond donors (Lipinski definition) is 0. The molecule has 0 atom stereocenters. The number of benzene rings is 1. The summed E-state index contributed by atoms with van der Waals surface area (Å²) in [4.78, 5) is 0. The van der Waals surface area contributed by atoms with Gasteiger partial charge < -0.3 is 4.74 Å². The molecule has 1 aromatic carbocycles. The highest BCUT2D eigenvalue weighted by molar-refractivity contribution is 9.09. The molecule has 2 heteroatoms. The fraction of sp³-hybridized carbons (Fsp3) is 0.250. The van der Waals surface area contributed by atoms with Gasteiger partial charge in [-0.15, -0.1) is 0 Å². The monoisotopic (exact) mass is 200 g/mol. The van der Waals surface area contributed by atoms with Crippen molar-refractivity contribution in [3.05, 3.63) is 29.8 Å². The van der Waals surface area contributed by atoms with Gasteiger partial charge in [0.2, 0.25) is 0 Å². The summed E-state index contributed by atoms with van der Waals surface area (Å²) in [6.45, 7) is 2.03. The summed E-state index contributed by atoms with van der Waals surface area (Å²) in [5.41, 5.74) is 1.72. The third-order valence-corrected chi connectivity index (χ3v) is 1.53. The predicted octanol–water partition coefficient (Wildman–Crippen LogP) is 2.73. The molecule has 0 amide bonds. The van der Waals surface area contributed by atoms with Crippen molar-refractivity contribution >= 4 is 15.9 Å². The van der Waals surface area contributed by atoms with Crippen molar-refractivity contribution < 1.29 is 4.74 Å². The van der Waals surface area contributed by atoms with E-state index in [1.54, 1.807) is 0 Å². The Kier molecular flexibility index (Phi) is 2.75. The van der Waals surface area contributed by atoms with E-state index in [4.69, 9.17) is 4.74 Å². The highest BCUT2D eigenvalue weighted by atomic mass is 79.9. The largest absolute Gasteiger partial charge is 0.482 e. The fourth-order valence-corrected chi connectivity index (χ4v) is 1.02. The molecule has 0 aliphatic heterocycles. The third kappa shape index (κ3) is 1.74. The Morgan fingerprint density at radius 2 is 2.10 bits per heavy atom. The van der Waals surface area contributed by atoms with E-state index in [9.17, 15) is 0 Å². The van der Waals surface area contributed by atoms with E-state index >= 15 is 0 Å². The molecule has 0 unspecified atom stereocenters. The summed E-state index contributed by atoms with van der Waals surface area (Å²) < 4.78 is 5.25. The molecule has 54 valence electrons. The van der Waals surface area contributed by atoms with Gasteiger partial charge in [-0.1, -0.05) is 18.2 Å². The lowest BCUT2D eigenvalue weighted by Gasteiger charge is -2.03. The van der Waals surface area contributed by atoms with Crippen molar-refractivity contribution in [1.29, 1.82) is 0 Å². The molecule has 0 fully saturated rings. The van der Waals surface area contributed by atoms with E-state index in [1.807, 2.05) is 31.2 Å². The molecule has 0 spiro atoms. The Labute approximate surface area is 69.1 Å². The molecule has 0 aliphatic rings. The van der Waals surface area contributed by atoms with Gasteiger partial charge in [0.1, 0.15) is 11.3 Å². The maximum absolute atomic E-state index is 5.25. The smallest absolute Gasteiger partial charge is 0.143 e. The van der Waals surface area contributed by atoms with Crippen LogP contribution in [0.4, 0.5) is 0 Å². The SMILES string of the molecule is Cc1ccccc1OCBr. The van der Waals surface area contributed by atoms with Crippen LogP contribution in [0.2, 0.25) is 0 Å². The van der Waals surface area contributed by atoms with Gasteiger partial charge in [-0.25, -0.2) is 0 Å². The topological polar surface area (TPSA) is 9.23 Å². The minimum Gasteiger partial charge on any atom is -0.482 e. The molecule has 1 rings (SSSR count). The summed E-state index contributed by atoms with van der Waals surface area (Å²) in [5.74, 6) is 0.944. The van der Waals surface area contributed by atoms with E-state index in [0.29, 0.717) is 5.52 Å². The first-order valence-corrected chi connectivity index (χ1v) is 4.21. The first kappa shape index (κ1) is 7.61. The minimum absolute atomic E-state index is 0.553. The van der Waals surface area contributed by atoms with Crippen LogP contribution in [0.15, 0.2) is 24.3 Å². The number of rotatable bonds is 2. The zero-order valence-electron chi connectivity index (χ0n) is 5.80. The fourth-order valence-electron chi connectivity index (χ4n) is 0.777. The molecule has 1 aromatic rings. The first-order valence-electron chi connectivity index (χ1n) is 3.09. The molecular formula is C8H9BrO. The van der Waals surface area contributed by atoms with Gasteiger partial charge in [0.25, 0.3) is 0 Å². The molecule has 0 aliphatic carbocycles. The van der Waals surface area contributed by atoms with E-state index < -0.39 is 0 Å². The minimum atomic E-state index is 0.553. The maximum Gasteiger partial charge on any atom is 0.143 e. The lowest BCUT2D eigenvalue weighted by Crippen LogP contribution is -1.89. The van der Waals surface area contributed by atoms with Crippen LogP contribution in [0.1, 0.15) is 5.56 Å². The van der Waals surface area contributed by atoms with Crippen LogP contribution in [-0.4, -0.2) is 5.52 Å². The highest BCUT2D eigenvalue weighted by Gasteiger charge is 1.93. The Morgan fingerprint density at radius 3 is 2.70 bits per heavy atom. The quantitative estimate of drug-likeness (QED) is 0.668. The van der Waals surface area contributed by atoms with Gasteiger partial charge >= 0.3 is 0 Å². The molecule has 0 saturated carbocycles. The van der Waals surface area contributed by atoms with E-state index in [-0.39, 0.29) is 0 Å². The van der Waals surface area contributed by atoms with Crippen LogP contribution in [0.25, 0.3) is 0 Å². The van der Waals surface area contributed by atoms with Crippen molar-refractivity contribution in [2.45, 2.75) is 6.92 Å². The summed E-state index contributed by atoms with van der Waals surface area (Å²) in [6, 6.07) is 7.94. The van der Waals surface area contributed by atoms with Crippen molar-refractivity contribution in [3.8, 4) is 5.75 Å². The van der Waals surface area contributed by atoms with E-state index in [2.05, 4.69) is 15.9 Å². The molecule has 0 N–H and O–H groups in total. The van der Waals surface area contributed by atoms with Crippen molar-refractivity contribution in [2.24, 2.45) is 0 Å². The molecule has 0 aromatic heterocycles. The average molecular weight is 201 g/mol. The zero-order valence-corrected chi connectivity index (χ0v) is 7.39. The van der Waals surface area contributed by atoms with Crippen LogP contribution < -0.4 is 4.74 Å².